The number of amides is 2. The van der Waals surface area contributed by atoms with E-state index in [1.807, 2.05) is 4.90 Å². The highest BCUT2D eigenvalue weighted by atomic mass is 16.2. The zero-order chi connectivity index (χ0) is 12.1. The average molecular weight is 238 g/mol. The number of urea groups is 1. The van der Waals surface area contributed by atoms with Crippen LogP contribution >= 0.6 is 0 Å². The molecule has 0 bridgehead atoms. The van der Waals surface area contributed by atoms with E-state index >= 15 is 0 Å². The number of carbonyl (C=O) groups excluding carboxylic acids is 1. The molecular formula is C14H26N2O. The van der Waals surface area contributed by atoms with Gasteiger partial charge in [0.2, 0.25) is 0 Å². The van der Waals surface area contributed by atoms with Crippen molar-refractivity contribution in [3.8, 4) is 0 Å². The fraction of sp³-hybridized carbons (Fsp3) is 0.929. The first-order chi connectivity index (χ1) is 8.25. The van der Waals surface area contributed by atoms with Crippen molar-refractivity contribution in [3.63, 3.8) is 0 Å². The molecule has 3 heteroatoms. The normalized spacial score (nSPS) is 30.8. The fourth-order valence-corrected chi connectivity index (χ4v) is 2.94. The monoisotopic (exact) mass is 238 g/mol. The van der Waals surface area contributed by atoms with Gasteiger partial charge in [0.25, 0.3) is 0 Å². The van der Waals surface area contributed by atoms with Crippen LogP contribution in [-0.2, 0) is 0 Å². The second-order valence-corrected chi connectivity index (χ2v) is 5.81. The minimum absolute atomic E-state index is 0.187. The van der Waals surface area contributed by atoms with Crippen LogP contribution < -0.4 is 5.32 Å². The van der Waals surface area contributed by atoms with Crippen molar-refractivity contribution in [2.75, 3.05) is 13.1 Å². The van der Waals surface area contributed by atoms with Crippen molar-refractivity contribution < 1.29 is 4.79 Å². The molecule has 1 aliphatic carbocycles. The van der Waals surface area contributed by atoms with Crippen molar-refractivity contribution in [2.45, 2.75) is 64.3 Å². The third kappa shape index (κ3) is 3.90. The van der Waals surface area contributed by atoms with E-state index in [1.54, 1.807) is 0 Å². The molecule has 2 fully saturated rings. The smallest absolute Gasteiger partial charge is 0.317 e. The summed E-state index contributed by atoms with van der Waals surface area (Å²) in [5.41, 5.74) is 0. The molecule has 0 spiro atoms. The topological polar surface area (TPSA) is 32.3 Å². The quantitative estimate of drug-likeness (QED) is 0.748. The molecule has 2 aliphatic rings. The van der Waals surface area contributed by atoms with E-state index in [0.29, 0.717) is 6.04 Å². The minimum Gasteiger partial charge on any atom is -0.335 e. The Bertz CT molecular complexity index is 239. The molecule has 3 nitrogen and oxygen atoms in total. The van der Waals surface area contributed by atoms with Crippen LogP contribution in [0, 0.1) is 5.92 Å². The summed E-state index contributed by atoms with van der Waals surface area (Å²) in [6.07, 6.45) is 9.79. The average Bonchev–Trinajstić information content (AvgIpc) is 2.61. The summed E-state index contributed by atoms with van der Waals surface area (Å²) >= 11 is 0. The van der Waals surface area contributed by atoms with Gasteiger partial charge in [0.05, 0.1) is 0 Å². The molecule has 1 aliphatic heterocycles. The summed E-state index contributed by atoms with van der Waals surface area (Å²) in [7, 11) is 0. The molecule has 0 atom stereocenters. The Morgan fingerprint density at radius 2 is 1.59 bits per heavy atom. The number of hydrogen-bond acceptors (Lipinski definition) is 1. The number of likely N-dealkylation sites (tertiary alicyclic amines) is 1. The van der Waals surface area contributed by atoms with E-state index in [4.69, 9.17) is 0 Å². The first-order valence-electron chi connectivity index (χ1n) is 7.31. The molecule has 2 amide bonds. The molecule has 0 unspecified atom stereocenters. The van der Waals surface area contributed by atoms with Gasteiger partial charge in [-0.1, -0.05) is 19.8 Å². The van der Waals surface area contributed by atoms with E-state index < -0.39 is 0 Å². The lowest BCUT2D eigenvalue weighted by Gasteiger charge is -2.29. The fourth-order valence-electron chi connectivity index (χ4n) is 2.94. The van der Waals surface area contributed by atoms with Gasteiger partial charge < -0.3 is 10.2 Å². The predicted octanol–water partition coefficient (Wildman–Crippen LogP) is 3.15. The SMILES string of the molecule is CC1CCC(NC(=O)N2CCCCCC2)CC1. The van der Waals surface area contributed by atoms with Crippen LogP contribution in [0.2, 0.25) is 0 Å². The largest absolute Gasteiger partial charge is 0.335 e. The molecule has 0 aromatic heterocycles. The molecule has 1 N–H and O–H groups in total. The summed E-state index contributed by atoms with van der Waals surface area (Å²) < 4.78 is 0. The molecule has 1 heterocycles. The van der Waals surface area contributed by atoms with Gasteiger partial charge in [0.1, 0.15) is 0 Å². The molecular weight excluding hydrogens is 212 g/mol. The van der Waals surface area contributed by atoms with Crippen LogP contribution in [0.15, 0.2) is 0 Å². The van der Waals surface area contributed by atoms with Crippen LogP contribution in [0.3, 0.4) is 0 Å². The first kappa shape index (κ1) is 12.7. The number of carbonyl (C=O) groups is 1. The number of hydrogen-bond donors (Lipinski definition) is 1. The minimum atomic E-state index is 0.187. The Morgan fingerprint density at radius 1 is 1.00 bits per heavy atom. The lowest BCUT2D eigenvalue weighted by Crippen LogP contribution is -2.46. The number of rotatable bonds is 1. The molecule has 17 heavy (non-hydrogen) atoms. The molecule has 0 aromatic rings. The van der Waals surface area contributed by atoms with Gasteiger partial charge in [-0.3, -0.25) is 0 Å². The van der Waals surface area contributed by atoms with Gasteiger partial charge >= 0.3 is 6.03 Å². The summed E-state index contributed by atoms with van der Waals surface area (Å²) in [6.45, 7) is 4.22. The van der Waals surface area contributed by atoms with Gasteiger partial charge in [-0.05, 0) is 44.4 Å². The molecule has 2 rings (SSSR count). The lowest BCUT2D eigenvalue weighted by molar-refractivity contribution is 0.189. The summed E-state index contributed by atoms with van der Waals surface area (Å²) in [5.74, 6) is 0.848. The van der Waals surface area contributed by atoms with Crippen LogP contribution in [-0.4, -0.2) is 30.1 Å². The Hall–Kier alpha value is -0.730. The predicted molar refractivity (Wildman–Crippen MR) is 70.0 cm³/mol. The highest BCUT2D eigenvalue weighted by Crippen LogP contribution is 2.23. The van der Waals surface area contributed by atoms with Gasteiger partial charge in [0.15, 0.2) is 0 Å². The van der Waals surface area contributed by atoms with E-state index in [-0.39, 0.29) is 6.03 Å². The summed E-state index contributed by atoms with van der Waals surface area (Å²) in [4.78, 5) is 14.1. The van der Waals surface area contributed by atoms with Gasteiger partial charge in [-0.2, -0.15) is 0 Å². The van der Waals surface area contributed by atoms with E-state index in [2.05, 4.69) is 12.2 Å². The Balaban J connectivity index is 1.75. The van der Waals surface area contributed by atoms with E-state index in [1.165, 1.54) is 51.4 Å². The van der Waals surface area contributed by atoms with Crippen LogP contribution in [0.5, 0.6) is 0 Å². The number of nitrogens with one attached hydrogen (secondary N) is 1. The highest BCUT2D eigenvalue weighted by Gasteiger charge is 2.22. The first-order valence-corrected chi connectivity index (χ1v) is 7.31. The van der Waals surface area contributed by atoms with Gasteiger partial charge in [0, 0.05) is 19.1 Å². The lowest BCUT2D eigenvalue weighted by atomic mass is 9.87. The zero-order valence-electron chi connectivity index (χ0n) is 11.1. The maximum absolute atomic E-state index is 12.1. The summed E-state index contributed by atoms with van der Waals surface area (Å²) in [6, 6.07) is 0.619. The van der Waals surface area contributed by atoms with Crippen molar-refractivity contribution in [2.24, 2.45) is 5.92 Å². The molecule has 0 radical (unpaired) electrons. The van der Waals surface area contributed by atoms with Crippen molar-refractivity contribution in [1.82, 2.24) is 10.2 Å². The highest BCUT2D eigenvalue weighted by molar-refractivity contribution is 5.74. The summed E-state index contributed by atoms with van der Waals surface area (Å²) in [5, 5.41) is 3.22. The Labute approximate surface area is 105 Å². The van der Waals surface area contributed by atoms with Crippen molar-refractivity contribution in [1.29, 1.82) is 0 Å². The maximum atomic E-state index is 12.1. The second kappa shape index (κ2) is 6.27. The van der Waals surface area contributed by atoms with Crippen molar-refractivity contribution in [3.05, 3.63) is 0 Å². The van der Waals surface area contributed by atoms with E-state index in [0.717, 1.165) is 19.0 Å². The second-order valence-electron chi connectivity index (χ2n) is 5.81. The number of nitrogens with zero attached hydrogens (tertiary/aromatic N) is 1. The van der Waals surface area contributed by atoms with Gasteiger partial charge in [-0.15, -0.1) is 0 Å². The third-order valence-corrected chi connectivity index (χ3v) is 4.24. The molecule has 98 valence electrons. The third-order valence-electron chi connectivity index (χ3n) is 4.24. The van der Waals surface area contributed by atoms with Crippen LogP contribution in [0.1, 0.15) is 58.3 Å². The molecule has 1 saturated heterocycles. The zero-order valence-corrected chi connectivity index (χ0v) is 11.1. The molecule has 0 aromatic carbocycles. The van der Waals surface area contributed by atoms with E-state index in [9.17, 15) is 4.79 Å². The maximum Gasteiger partial charge on any atom is 0.317 e. The molecule has 1 saturated carbocycles. The Morgan fingerprint density at radius 3 is 2.18 bits per heavy atom. The van der Waals surface area contributed by atoms with Crippen molar-refractivity contribution >= 4 is 6.03 Å². The van der Waals surface area contributed by atoms with Gasteiger partial charge in [-0.25, -0.2) is 4.79 Å². The Kier molecular flexibility index (Phi) is 4.69. The standard InChI is InChI=1S/C14H26N2O/c1-12-6-8-13(9-7-12)15-14(17)16-10-4-2-3-5-11-16/h12-13H,2-11H2,1H3,(H,15,17). The van der Waals surface area contributed by atoms with Crippen LogP contribution in [0.4, 0.5) is 4.79 Å². The van der Waals surface area contributed by atoms with Crippen LogP contribution in [0.25, 0.3) is 0 Å².